The fraction of sp³-hybridized carbons (Fsp3) is 0.385. The van der Waals surface area contributed by atoms with Crippen LogP contribution in [0.15, 0.2) is 65.9 Å². The second kappa shape index (κ2) is 10.9. The van der Waals surface area contributed by atoms with E-state index in [4.69, 9.17) is 9.73 Å². The third-order valence-corrected chi connectivity index (χ3v) is 6.03. The lowest BCUT2D eigenvalue weighted by atomic mass is 10.1. The predicted molar refractivity (Wildman–Crippen MR) is 134 cm³/mol. The molecule has 0 aliphatic carbocycles. The lowest BCUT2D eigenvalue weighted by molar-refractivity contribution is 0.372. The van der Waals surface area contributed by atoms with Gasteiger partial charge in [-0.1, -0.05) is 24.3 Å². The first-order valence-electron chi connectivity index (χ1n) is 11.6. The van der Waals surface area contributed by atoms with Crippen molar-refractivity contribution in [3.8, 4) is 5.75 Å². The molecule has 1 aliphatic heterocycles. The molecule has 2 heterocycles. The number of methoxy groups -OCH3 is 1. The van der Waals surface area contributed by atoms with Gasteiger partial charge in [-0.05, 0) is 49.2 Å². The van der Waals surface area contributed by atoms with Crippen LogP contribution >= 0.6 is 0 Å². The van der Waals surface area contributed by atoms with Crippen LogP contribution in [0.1, 0.15) is 23.9 Å². The Labute approximate surface area is 196 Å². The average Bonchev–Trinajstić information content (AvgIpc) is 3.26. The lowest BCUT2D eigenvalue weighted by Crippen LogP contribution is -2.52. The number of aryl methyl sites for hydroxylation is 1. The van der Waals surface area contributed by atoms with Gasteiger partial charge in [-0.3, -0.25) is 0 Å². The van der Waals surface area contributed by atoms with Gasteiger partial charge in [0.05, 0.1) is 13.7 Å². The number of imidazole rings is 1. The summed E-state index contributed by atoms with van der Waals surface area (Å²) in [5, 5.41) is 3.48. The molecule has 4 rings (SSSR count). The number of anilines is 1. The van der Waals surface area contributed by atoms with E-state index in [1.807, 2.05) is 31.5 Å². The largest absolute Gasteiger partial charge is 0.497 e. The summed E-state index contributed by atoms with van der Waals surface area (Å²) in [6.45, 7) is 10.3. The van der Waals surface area contributed by atoms with E-state index in [1.54, 1.807) is 7.11 Å². The highest BCUT2D eigenvalue weighted by atomic mass is 16.5. The number of nitrogens with one attached hydrogen (secondary N) is 1. The van der Waals surface area contributed by atoms with E-state index in [-0.39, 0.29) is 0 Å². The maximum atomic E-state index is 5.28. The number of ether oxygens (including phenoxy) is 1. The highest BCUT2D eigenvalue weighted by Crippen LogP contribution is 2.20. The van der Waals surface area contributed by atoms with Crippen molar-refractivity contribution in [3.05, 3.63) is 77.9 Å². The number of nitrogens with zero attached hydrogens (tertiary/aromatic N) is 5. The number of hydrogen-bond acceptors (Lipinski definition) is 4. The normalized spacial score (nSPS) is 14.5. The summed E-state index contributed by atoms with van der Waals surface area (Å²) in [5.41, 5.74) is 3.72. The Balaban J connectivity index is 1.38. The summed E-state index contributed by atoms with van der Waals surface area (Å²) in [6.07, 6.45) is 3.87. The summed E-state index contributed by atoms with van der Waals surface area (Å²) in [5.74, 6) is 2.91. The van der Waals surface area contributed by atoms with Crippen LogP contribution in [0.3, 0.4) is 0 Å². The molecular weight excluding hydrogens is 412 g/mol. The van der Waals surface area contributed by atoms with Gasteiger partial charge in [-0.25, -0.2) is 9.98 Å². The van der Waals surface area contributed by atoms with Crippen molar-refractivity contribution in [2.75, 3.05) is 44.7 Å². The number of piperazine rings is 1. The number of guanidine groups is 1. The van der Waals surface area contributed by atoms with Crippen molar-refractivity contribution in [3.63, 3.8) is 0 Å². The first kappa shape index (κ1) is 22.7. The van der Waals surface area contributed by atoms with Gasteiger partial charge in [-0.15, -0.1) is 0 Å². The first-order valence-corrected chi connectivity index (χ1v) is 11.6. The van der Waals surface area contributed by atoms with Gasteiger partial charge < -0.3 is 24.4 Å². The third kappa shape index (κ3) is 5.86. The topological polar surface area (TPSA) is 57.9 Å². The van der Waals surface area contributed by atoms with Gasteiger partial charge in [0.2, 0.25) is 0 Å². The molecule has 0 saturated carbocycles. The van der Waals surface area contributed by atoms with E-state index >= 15 is 0 Å². The van der Waals surface area contributed by atoms with Crippen LogP contribution in [-0.2, 0) is 13.1 Å². The zero-order chi connectivity index (χ0) is 23.0. The molecule has 0 bridgehead atoms. The minimum Gasteiger partial charge on any atom is -0.497 e. The van der Waals surface area contributed by atoms with Gasteiger partial charge in [0.25, 0.3) is 0 Å². The van der Waals surface area contributed by atoms with Gasteiger partial charge in [0, 0.05) is 57.3 Å². The summed E-state index contributed by atoms with van der Waals surface area (Å²) < 4.78 is 7.44. The molecule has 0 amide bonds. The van der Waals surface area contributed by atoms with Gasteiger partial charge in [0.1, 0.15) is 11.6 Å². The quantitative estimate of drug-likeness (QED) is 0.444. The zero-order valence-corrected chi connectivity index (χ0v) is 19.9. The summed E-state index contributed by atoms with van der Waals surface area (Å²) >= 11 is 0. The maximum Gasteiger partial charge on any atom is 0.194 e. The minimum atomic E-state index is 0.664. The van der Waals surface area contributed by atoms with Gasteiger partial charge >= 0.3 is 0 Å². The van der Waals surface area contributed by atoms with Gasteiger partial charge in [-0.2, -0.15) is 0 Å². The molecule has 3 aromatic rings. The monoisotopic (exact) mass is 446 g/mol. The van der Waals surface area contributed by atoms with Crippen LogP contribution in [0.4, 0.5) is 5.69 Å². The van der Waals surface area contributed by atoms with Crippen molar-refractivity contribution < 1.29 is 4.74 Å². The first-order chi connectivity index (χ1) is 16.2. The highest BCUT2D eigenvalue weighted by Gasteiger charge is 2.20. The molecule has 7 heteroatoms. The number of aliphatic imine (C=N–C) groups is 1. The summed E-state index contributed by atoms with van der Waals surface area (Å²) in [6, 6.07) is 17.0. The number of rotatable bonds is 7. The lowest BCUT2D eigenvalue weighted by Gasteiger charge is -2.37. The Morgan fingerprint density at radius 1 is 1.06 bits per heavy atom. The Bertz CT molecular complexity index is 1050. The van der Waals surface area contributed by atoms with Gasteiger partial charge in [0.15, 0.2) is 5.96 Å². The van der Waals surface area contributed by atoms with E-state index < -0.39 is 0 Å². The van der Waals surface area contributed by atoms with E-state index in [1.165, 1.54) is 16.8 Å². The number of hydrogen-bond donors (Lipinski definition) is 1. The summed E-state index contributed by atoms with van der Waals surface area (Å²) in [4.78, 5) is 14.1. The standard InChI is InChI=1S/C26H34N6O/c1-4-27-26(31-16-14-30(15-17-31)24-8-10-25(33-3)11-9-24)29-19-22-6-5-7-23(18-22)20-32-13-12-28-21(32)2/h5-13,18H,4,14-17,19-20H2,1-3H3,(H,27,29). The molecule has 1 aromatic heterocycles. The Kier molecular flexibility index (Phi) is 7.50. The Morgan fingerprint density at radius 3 is 2.48 bits per heavy atom. The fourth-order valence-electron chi connectivity index (χ4n) is 4.16. The predicted octanol–water partition coefficient (Wildman–Crippen LogP) is 3.54. The molecule has 0 spiro atoms. The van der Waals surface area contributed by atoms with Crippen molar-refractivity contribution in [1.29, 1.82) is 0 Å². The molecule has 7 nitrogen and oxygen atoms in total. The van der Waals surface area contributed by atoms with Crippen LogP contribution in [-0.4, -0.2) is 60.2 Å². The number of aromatic nitrogens is 2. The van der Waals surface area contributed by atoms with Crippen molar-refractivity contribution >= 4 is 11.6 Å². The maximum absolute atomic E-state index is 5.28. The second-order valence-electron chi connectivity index (χ2n) is 8.26. The van der Waals surface area contributed by atoms with Crippen molar-refractivity contribution in [2.24, 2.45) is 4.99 Å². The molecule has 1 saturated heterocycles. The molecule has 0 unspecified atom stereocenters. The van der Waals surface area contributed by atoms with E-state index in [2.05, 4.69) is 68.0 Å². The minimum absolute atomic E-state index is 0.664. The molecule has 1 N–H and O–H groups in total. The molecule has 0 atom stereocenters. The van der Waals surface area contributed by atoms with Crippen LogP contribution in [0.25, 0.3) is 0 Å². The zero-order valence-electron chi connectivity index (χ0n) is 19.9. The Hall–Kier alpha value is -3.48. The van der Waals surface area contributed by atoms with E-state index in [0.29, 0.717) is 6.54 Å². The molecule has 2 aromatic carbocycles. The smallest absolute Gasteiger partial charge is 0.194 e. The summed E-state index contributed by atoms with van der Waals surface area (Å²) in [7, 11) is 1.70. The Morgan fingerprint density at radius 2 is 1.82 bits per heavy atom. The molecule has 1 aliphatic rings. The molecule has 174 valence electrons. The van der Waals surface area contributed by atoms with Crippen LogP contribution in [0.5, 0.6) is 5.75 Å². The van der Waals surface area contributed by atoms with E-state index in [9.17, 15) is 0 Å². The van der Waals surface area contributed by atoms with E-state index in [0.717, 1.165) is 56.8 Å². The third-order valence-electron chi connectivity index (χ3n) is 6.03. The second-order valence-corrected chi connectivity index (χ2v) is 8.26. The highest BCUT2D eigenvalue weighted by molar-refractivity contribution is 5.80. The number of benzene rings is 2. The molecule has 33 heavy (non-hydrogen) atoms. The average molecular weight is 447 g/mol. The molecule has 0 radical (unpaired) electrons. The SMILES string of the molecule is CCNC(=NCc1cccc(Cn2ccnc2C)c1)N1CCN(c2ccc(OC)cc2)CC1. The molecular formula is C26H34N6O. The van der Waals surface area contributed by atoms with Crippen LogP contribution in [0, 0.1) is 6.92 Å². The molecule has 1 fully saturated rings. The fourth-order valence-corrected chi connectivity index (χ4v) is 4.16. The van der Waals surface area contributed by atoms with Crippen molar-refractivity contribution in [1.82, 2.24) is 19.8 Å². The van der Waals surface area contributed by atoms with Crippen molar-refractivity contribution in [2.45, 2.75) is 26.9 Å². The van der Waals surface area contributed by atoms with Crippen LogP contribution in [0.2, 0.25) is 0 Å². The van der Waals surface area contributed by atoms with Crippen LogP contribution < -0.4 is 15.0 Å².